The third-order valence-electron chi connectivity index (χ3n) is 3.06. The minimum absolute atomic E-state index is 0.158. The van der Waals surface area contributed by atoms with Gasteiger partial charge in [-0.1, -0.05) is 0 Å². The number of amides is 1. The third kappa shape index (κ3) is 3.26. The Balaban J connectivity index is 1.98. The van der Waals surface area contributed by atoms with E-state index < -0.39 is 24.5 Å². The summed E-state index contributed by atoms with van der Waals surface area (Å²) in [4.78, 5) is 10.9. The summed E-state index contributed by atoms with van der Waals surface area (Å²) in [7, 11) is 0. The summed E-state index contributed by atoms with van der Waals surface area (Å²) < 4.78 is 5.30. The highest BCUT2D eigenvalue weighted by molar-refractivity contribution is 5.88. The molecule has 0 spiro atoms. The molecule has 7 heteroatoms. The van der Waals surface area contributed by atoms with Gasteiger partial charge in [0.1, 0.15) is 18.3 Å². The van der Waals surface area contributed by atoms with Crippen LogP contribution in [0.4, 0.5) is 11.4 Å². The summed E-state index contributed by atoms with van der Waals surface area (Å²) >= 11 is 0. The summed E-state index contributed by atoms with van der Waals surface area (Å²) in [6.45, 7) is 1.06. The van der Waals surface area contributed by atoms with Crippen molar-refractivity contribution in [1.29, 1.82) is 0 Å². The Labute approximate surface area is 116 Å². The van der Waals surface area contributed by atoms with Gasteiger partial charge in [0, 0.05) is 18.3 Å². The van der Waals surface area contributed by atoms with E-state index in [0.717, 1.165) is 0 Å². The van der Waals surface area contributed by atoms with Crippen LogP contribution in [-0.4, -0.2) is 52.4 Å². The van der Waals surface area contributed by atoms with Crippen LogP contribution >= 0.6 is 0 Å². The standard InChI is InChI=1S/C13H18N2O5/c1-7(17)14-8-2-4-9(5-3-8)15-13-12(19)11(18)10(6-16)20-13/h2-5,10-13,15-16,18-19H,6H2,1H3,(H,14,17)/t10-,11+,12+,13-/m0/s1. The molecule has 1 saturated heterocycles. The predicted octanol–water partition coefficient (Wildman–Crippen LogP) is -0.504. The largest absolute Gasteiger partial charge is 0.394 e. The lowest BCUT2D eigenvalue weighted by molar-refractivity contribution is -0.114. The van der Waals surface area contributed by atoms with Crippen molar-refractivity contribution in [3.8, 4) is 0 Å². The fourth-order valence-corrected chi connectivity index (χ4v) is 2.04. The first-order valence-electron chi connectivity index (χ1n) is 6.28. The van der Waals surface area contributed by atoms with Gasteiger partial charge in [-0.3, -0.25) is 4.79 Å². The first-order chi connectivity index (χ1) is 9.51. The van der Waals surface area contributed by atoms with E-state index in [9.17, 15) is 15.0 Å². The van der Waals surface area contributed by atoms with Gasteiger partial charge in [0.15, 0.2) is 6.23 Å². The van der Waals surface area contributed by atoms with E-state index in [2.05, 4.69) is 10.6 Å². The van der Waals surface area contributed by atoms with E-state index in [-0.39, 0.29) is 12.5 Å². The molecule has 20 heavy (non-hydrogen) atoms. The van der Waals surface area contributed by atoms with Crippen molar-refractivity contribution in [1.82, 2.24) is 0 Å². The second-order valence-electron chi connectivity index (χ2n) is 4.66. The lowest BCUT2D eigenvalue weighted by Crippen LogP contribution is -2.36. The summed E-state index contributed by atoms with van der Waals surface area (Å²) in [5.41, 5.74) is 1.32. The number of anilines is 2. The maximum absolute atomic E-state index is 10.9. The van der Waals surface area contributed by atoms with Crippen LogP contribution in [0.3, 0.4) is 0 Å². The number of hydrogen-bond donors (Lipinski definition) is 5. The average molecular weight is 282 g/mol. The van der Waals surface area contributed by atoms with Crippen molar-refractivity contribution in [2.24, 2.45) is 0 Å². The number of aliphatic hydroxyl groups is 3. The van der Waals surface area contributed by atoms with Gasteiger partial charge in [-0.05, 0) is 24.3 Å². The highest BCUT2D eigenvalue weighted by Crippen LogP contribution is 2.23. The molecule has 0 aromatic heterocycles. The molecule has 1 fully saturated rings. The van der Waals surface area contributed by atoms with E-state index in [0.29, 0.717) is 11.4 Å². The third-order valence-corrected chi connectivity index (χ3v) is 3.06. The number of benzene rings is 1. The van der Waals surface area contributed by atoms with Gasteiger partial charge in [-0.25, -0.2) is 0 Å². The molecule has 2 rings (SSSR count). The first kappa shape index (κ1) is 14.7. The summed E-state index contributed by atoms with van der Waals surface area (Å²) in [6.07, 6.45) is -3.85. The average Bonchev–Trinajstić information content (AvgIpc) is 2.68. The summed E-state index contributed by atoms with van der Waals surface area (Å²) in [5.74, 6) is -0.158. The van der Waals surface area contributed by atoms with E-state index in [1.165, 1.54) is 6.92 Å². The molecule has 0 radical (unpaired) electrons. The molecule has 0 saturated carbocycles. The molecule has 1 aliphatic rings. The molecule has 0 aliphatic carbocycles. The van der Waals surface area contributed by atoms with Crippen LogP contribution in [0, 0.1) is 0 Å². The topological polar surface area (TPSA) is 111 Å². The lowest BCUT2D eigenvalue weighted by atomic mass is 10.1. The van der Waals surface area contributed by atoms with Gasteiger partial charge in [-0.15, -0.1) is 0 Å². The van der Waals surface area contributed by atoms with Crippen molar-refractivity contribution in [3.05, 3.63) is 24.3 Å². The normalized spacial score (nSPS) is 29.2. The monoisotopic (exact) mass is 282 g/mol. The number of aliphatic hydroxyl groups excluding tert-OH is 3. The smallest absolute Gasteiger partial charge is 0.221 e. The van der Waals surface area contributed by atoms with Gasteiger partial charge in [0.05, 0.1) is 6.61 Å². The Morgan fingerprint density at radius 1 is 1.20 bits per heavy atom. The molecule has 1 aliphatic heterocycles. The molecule has 110 valence electrons. The fraction of sp³-hybridized carbons (Fsp3) is 0.462. The highest BCUT2D eigenvalue weighted by atomic mass is 16.6. The Hall–Kier alpha value is -1.67. The van der Waals surface area contributed by atoms with Gasteiger partial charge in [-0.2, -0.15) is 0 Å². The predicted molar refractivity (Wildman–Crippen MR) is 72.1 cm³/mol. The number of carbonyl (C=O) groups is 1. The molecule has 4 atom stereocenters. The van der Waals surface area contributed by atoms with Crippen LogP contribution in [0.1, 0.15) is 6.92 Å². The Bertz CT molecular complexity index is 464. The molecule has 1 heterocycles. The number of carbonyl (C=O) groups excluding carboxylic acids is 1. The number of rotatable bonds is 4. The molecule has 5 N–H and O–H groups in total. The Kier molecular flexibility index (Phi) is 4.56. The van der Waals surface area contributed by atoms with E-state index in [1.807, 2.05) is 0 Å². The molecule has 7 nitrogen and oxygen atoms in total. The fourth-order valence-electron chi connectivity index (χ4n) is 2.04. The number of hydrogen-bond acceptors (Lipinski definition) is 6. The molecule has 1 amide bonds. The van der Waals surface area contributed by atoms with Crippen LogP contribution in [0.15, 0.2) is 24.3 Å². The molecular weight excluding hydrogens is 264 g/mol. The van der Waals surface area contributed by atoms with Crippen LogP contribution in [-0.2, 0) is 9.53 Å². The van der Waals surface area contributed by atoms with Crippen molar-refractivity contribution < 1.29 is 24.9 Å². The maximum atomic E-state index is 10.9. The van der Waals surface area contributed by atoms with Crippen LogP contribution in [0.2, 0.25) is 0 Å². The van der Waals surface area contributed by atoms with E-state index >= 15 is 0 Å². The second-order valence-corrected chi connectivity index (χ2v) is 4.66. The van der Waals surface area contributed by atoms with Crippen LogP contribution < -0.4 is 10.6 Å². The Morgan fingerprint density at radius 3 is 2.30 bits per heavy atom. The lowest BCUT2D eigenvalue weighted by Gasteiger charge is -2.17. The van der Waals surface area contributed by atoms with Crippen molar-refractivity contribution in [2.75, 3.05) is 17.2 Å². The van der Waals surface area contributed by atoms with E-state index in [1.54, 1.807) is 24.3 Å². The minimum Gasteiger partial charge on any atom is -0.394 e. The molecule has 0 bridgehead atoms. The van der Waals surface area contributed by atoms with Crippen LogP contribution in [0.25, 0.3) is 0 Å². The summed E-state index contributed by atoms with van der Waals surface area (Å²) in [6, 6.07) is 6.82. The zero-order chi connectivity index (χ0) is 14.7. The van der Waals surface area contributed by atoms with Gasteiger partial charge in [0.25, 0.3) is 0 Å². The van der Waals surface area contributed by atoms with E-state index in [4.69, 9.17) is 9.84 Å². The molecule has 0 unspecified atom stereocenters. The molecule has 1 aromatic rings. The quantitative estimate of drug-likeness (QED) is 0.509. The molecule has 1 aromatic carbocycles. The van der Waals surface area contributed by atoms with Gasteiger partial charge in [0.2, 0.25) is 5.91 Å². The second kappa shape index (κ2) is 6.19. The highest BCUT2D eigenvalue weighted by Gasteiger charge is 2.42. The summed E-state index contributed by atoms with van der Waals surface area (Å²) in [5, 5.41) is 34.0. The van der Waals surface area contributed by atoms with Gasteiger partial charge >= 0.3 is 0 Å². The number of nitrogens with one attached hydrogen (secondary N) is 2. The van der Waals surface area contributed by atoms with Crippen molar-refractivity contribution in [2.45, 2.75) is 31.5 Å². The van der Waals surface area contributed by atoms with Crippen LogP contribution in [0.5, 0.6) is 0 Å². The zero-order valence-electron chi connectivity index (χ0n) is 11.0. The SMILES string of the molecule is CC(=O)Nc1ccc(N[C@H]2O[C@@H](CO)[C@@H](O)[C@H]2O)cc1. The minimum atomic E-state index is -1.13. The first-order valence-corrected chi connectivity index (χ1v) is 6.28. The molecular formula is C13H18N2O5. The van der Waals surface area contributed by atoms with Crippen molar-refractivity contribution in [3.63, 3.8) is 0 Å². The number of ether oxygens (including phenoxy) is 1. The maximum Gasteiger partial charge on any atom is 0.221 e. The zero-order valence-corrected chi connectivity index (χ0v) is 11.0. The Morgan fingerprint density at radius 2 is 1.80 bits per heavy atom. The van der Waals surface area contributed by atoms with Crippen molar-refractivity contribution >= 4 is 17.3 Å². The van der Waals surface area contributed by atoms with Gasteiger partial charge < -0.3 is 30.7 Å².